The van der Waals surface area contributed by atoms with Crippen LogP contribution in [0.4, 0.5) is 11.6 Å². The number of methoxy groups -OCH3 is 1. The van der Waals surface area contributed by atoms with Crippen molar-refractivity contribution in [3.05, 3.63) is 11.9 Å². The highest BCUT2D eigenvalue weighted by Crippen LogP contribution is 2.14. The third kappa shape index (κ3) is 6.16. The van der Waals surface area contributed by atoms with Crippen LogP contribution in [-0.2, 0) is 11.3 Å². The highest BCUT2D eigenvalue weighted by atomic mass is 16.5. The van der Waals surface area contributed by atoms with Gasteiger partial charge < -0.3 is 20.7 Å². The molecule has 1 unspecified atom stereocenters. The van der Waals surface area contributed by atoms with Crippen LogP contribution in [0.25, 0.3) is 0 Å². The van der Waals surface area contributed by atoms with Gasteiger partial charge in [0.25, 0.3) is 0 Å². The van der Waals surface area contributed by atoms with Gasteiger partial charge >= 0.3 is 0 Å². The molecule has 0 saturated heterocycles. The zero-order valence-corrected chi connectivity index (χ0v) is 13.2. The predicted molar refractivity (Wildman–Crippen MR) is 82.6 cm³/mol. The molecule has 1 rings (SSSR count). The number of likely N-dealkylation sites (N-methyl/N-ethyl adjacent to an activating group) is 1. The van der Waals surface area contributed by atoms with Crippen LogP contribution in [0.5, 0.6) is 0 Å². The Morgan fingerprint density at radius 1 is 1.35 bits per heavy atom. The van der Waals surface area contributed by atoms with Crippen molar-refractivity contribution in [3.63, 3.8) is 0 Å². The summed E-state index contributed by atoms with van der Waals surface area (Å²) in [5, 5.41) is 3.45. The van der Waals surface area contributed by atoms with Crippen LogP contribution >= 0.6 is 0 Å². The molecule has 0 aromatic carbocycles. The summed E-state index contributed by atoms with van der Waals surface area (Å²) in [5.41, 5.74) is 5.81. The van der Waals surface area contributed by atoms with Crippen LogP contribution < -0.4 is 11.1 Å². The molecule has 1 atom stereocenters. The van der Waals surface area contributed by atoms with E-state index >= 15 is 0 Å². The first-order chi connectivity index (χ1) is 9.40. The lowest BCUT2D eigenvalue weighted by Crippen LogP contribution is -2.34. The molecule has 3 N–H and O–H groups in total. The molecule has 0 spiro atoms. The molecule has 1 heterocycles. The SMILES string of the molecule is COCc1nc(N)cc(NC(CC(C)C)CN(C)C)n1. The van der Waals surface area contributed by atoms with Crippen molar-refractivity contribution in [1.29, 1.82) is 0 Å². The number of anilines is 2. The molecular weight excluding hydrogens is 254 g/mol. The van der Waals surface area contributed by atoms with Gasteiger partial charge in [-0.1, -0.05) is 13.8 Å². The second-order valence-corrected chi connectivity index (χ2v) is 5.76. The van der Waals surface area contributed by atoms with Crippen molar-refractivity contribution in [2.45, 2.75) is 32.9 Å². The smallest absolute Gasteiger partial charge is 0.158 e. The Kier molecular flexibility index (Phi) is 6.67. The normalized spacial score (nSPS) is 12.9. The molecule has 0 aliphatic heterocycles. The van der Waals surface area contributed by atoms with Gasteiger partial charge in [-0.05, 0) is 26.4 Å². The minimum atomic E-state index is 0.328. The van der Waals surface area contributed by atoms with Crippen LogP contribution in [0, 0.1) is 5.92 Å². The summed E-state index contributed by atoms with van der Waals surface area (Å²) in [6.07, 6.45) is 1.07. The first-order valence-corrected chi connectivity index (χ1v) is 6.94. The zero-order valence-electron chi connectivity index (χ0n) is 13.2. The summed E-state index contributed by atoms with van der Waals surface area (Å²) >= 11 is 0. The second-order valence-electron chi connectivity index (χ2n) is 5.76. The molecule has 0 radical (unpaired) electrons. The summed E-state index contributed by atoms with van der Waals surface area (Å²) < 4.78 is 5.06. The van der Waals surface area contributed by atoms with Gasteiger partial charge in [-0.25, -0.2) is 9.97 Å². The molecule has 0 amide bonds. The molecule has 6 nitrogen and oxygen atoms in total. The van der Waals surface area contributed by atoms with E-state index in [0.717, 1.165) is 18.8 Å². The van der Waals surface area contributed by atoms with E-state index in [2.05, 4.69) is 48.1 Å². The summed E-state index contributed by atoms with van der Waals surface area (Å²) in [6.45, 7) is 5.74. The number of rotatable bonds is 8. The van der Waals surface area contributed by atoms with Gasteiger partial charge in [0.2, 0.25) is 0 Å². The van der Waals surface area contributed by atoms with Gasteiger partial charge in [0.05, 0.1) is 0 Å². The molecule has 0 saturated carbocycles. The van der Waals surface area contributed by atoms with Crippen molar-refractivity contribution in [2.75, 3.05) is 38.8 Å². The fraction of sp³-hybridized carbons (Fsp3) is 0.714. The topological polar surface area (TPSA) is 76.3 Å². The predicted octanol–water partition coefficient (Wildman–Crippen LogP) is 1.59. The summed E-state index contributed by atoms with van der Waals surface area (Å²) in [4.78, 5) is 10.7. The third-order valence-corrected chi connectivity index (χ3v) is 2.76. The van der Waals surface area contributed by atoms with E-state index in [0.29, 0.717) is 30.2 Å². The molecule has 20 heavy (non-hydrogen) atoms. The Bertz CT molecular complexity index is 399. The quantitative estimate of drug-likeness (QED) is 0.753. The van der Waals surface area contributed by atoms with Crippen LogP contribution in [0.3, 0.4) is 0 Å². The number of nitrogens with two attached hydrogens (primary N) is 1. The lowest BCUT2D eigenvalue weighted by atomic mass is 10.0. The van der Waals surface area contributed by atoms with Crippen LogP contribution in [0.1, 0.15) is 26.1 Å². The Labute approximate surface area is 121 Å². The molecule has 1 aromatic heterocycles. The van der Waals surface area contributed by atoms with Crippen molar-refractivity contribution < 1.29 is 4.74 Å². The van der Waals surface area contributed by atoms with Crippen molar-refractivity contribution in [1.82, 2.24) is 14.9 Å². The summed E-state index contributed by atoms with van der Waals surface area (Å²) in [5.74, 6) is 2.44. The highest BCUT2D eigenvalue weighted by molar-refractivity contribution is 5.45. The van der Waals surface area contributed by atoms with Crippen molar-refractivity contribution >= 4 is 11.6 Å². The Hall–Kier alpha value is -1.40. The minimum Gasteiger partial charge on any atom is -0.384 e. The van der Waals surface area contributed by atoms with E-state index < -0.39 is 0 Å². The maximum atomic E-state index is 5.81. The molecule has 6 heteroatoms. The first kappa shape index (κ1) is 16.7. The van der Waals surface area contributed by atoms with Gasteiger partial charge in [-0.15, -0.1) is 0 Å². The standard InChI is InChI=1S/C14H27N5O/c1-10(2)6-11(8-19(3)4)16-13-7-12(15)17-14(18-13)9-20-5/h7,10-11H,6,8-9H2,1-5H3,(H3,15,16,17,18). The van der Waals surface area contributed by atoms with Gasteiger partial charge in [-0.2, -0.15) is 0 Å². The maximum Gasteiger partial charge on any atom is 0.158 e. The van der Waals surface area contributed by atoms with E-state index in [1.165, 1.54) is 0 Å². The largest absolute Gasteiger partial charge is 0.384 e. The van der Waals surface area contributed by atoms with Crippen LogP contribution in [0.15, 0.2) is 6.07 Å². The lowest BCUT2D eigenvalue weighted by Gasteiger charge is -2.24. The number of nitrogens with one attached hydrogen (secondary N) is 1. The number of ether oxygens (including phenoxy) is 1. The molecule has 114 valence electrons. The highest BCUT2D eigenvalue weighted by Gasteiger charge is 2.13. The first-order valence-electron chi connectivity index (χ1n) is 6.94. The molecule has 0 fully saturated rings. The zero-order chi connectivity index (χ0) is 15.1. The number of hydrogen-bond donors (Lipinski definition) is 2. The molecular formula is C14H27N5O. The minimum absolute atomic E-state index is 0.328. The molecule has 0 bridgehead atoms. The van der Waals surface area contributed by atoms with E-state index in [1.54, 1.807) is 13.2 Å². The monoisotopic (exact) mass is 281 g/mol. The van der Waals surface area contributed by atoms with E-state index in [-0.39, 0.29) is 0 Å². The number of nitrogen functional groups attached to an aromatic ring is 1. The van der Waals surface area contributed by atoms with E-state index in [1.807, 2.05) is 0 Å². The lowest BCUT2D eigenvalue weighted by molar-refractivity contribution is 0.178. The van der Waals surface area contributed by atoms with Gasteiger partial charge in [0, 0.05) is 25.8 Å². The fourth-order valence-corrected chi connectivity index (χ4v) is 2.18. The average Bonchev–Trinajstić information content (AvgIpc) is 2.26. The number of hydrogen-bond acceptors (Lipinski definition) is 6. The summed E-state index contributed by atoms with van der Waals surface area (Å²) in [7, 11) is 5.76. The Morgan fingerprint density at radius 2 is 2.05 bits per heavy atom. The Balaban J connectivity index is 2.80. The Morgan fingerprint density at radius 3 is 2.60 bits per heavy atom. The van der Waals surface area contributed by atoms with Gasteiger partial charge in [0.15, 0.2) is 5.82 Å². The number of aromatic nitrogens is 2. The third-order valence-electron chi connectivity index (χ3n) is 2.76. The molecule has 1 aromatic rings. The molecule has 0 aliphatic carbocycles. The molecule has 0 aliphatic rings. The summed E-state index contributed by atoms with van der Waals surface area (Å²) in [6, 6.07) is 2.09. The van der Waals surface area contributed by atoms with Gasteiger partial charge in [0.1, 0.15) is 18.2 Å². The average molecular weight is 281 g/mol. The van der Waals surface area contributed by atoms with Crippen molar-refractivity contribution in [3.8, 4) is 0 Å². The van der Waals surface area contributed by atoms with Crippen molar-refractivity contribution in [2.24, 2.45) is 5.92 Å². The van der Waals surface area contributed by atoms with Crippen LogP contribution in [0.2, 0.25) is 0 Å². The van der Waals surface area contributed by atoms with Gasteiger partial charge in [-0.3, -0.25) is 0 Å². The van der Waals surface area contributed by atoms with E-state index in [9.17, 15) is 0 Å². The van der Waals surface area contributed by atoms with E-state index in [4.69, 9.17) is 10.5 Å². The number of nitrogens with zero attached hydrogens (tertiary/aromatic N) is 3. The maximum absolute atomic E-state index is 5.81. The fourth-order valence-electron chi connectivity index (χ4n) is 2.18. The second kappa shape index (κ2) is 8.01. The van der Waals surface area contributed by atoms with Crippen LogP contribution in [-0.4, -0.2) is 48.7 Å².